The van der Waals surface area contributed by atoms with Gasteiger partial charge in [0, 0.05) is 48.8 Å². The van der Waals surface area contributed by atoms with Gasteiger partial charge in [-0.1, -0.05) is 18.6 Å². The molecule has 3 heterocycles. The minimum Gasteiger partial charge on any atom is -0.357 e. The lowest BCUT2D eigenvalue weighted by Gasteiger charge is -2.26. The summed E-state index contributed by atoms with van der Waals surface area (Å²) in [4.78, 5) is 11.9. The predicted octanol–water partition coefficient (Wildman–Crippen LogP) is 3.75. The Hall–Kier alpha value is -2.83. The van der Waals surface area contributed by atoms with Crippen molar-refractivity contribution in [2.45, 2.75) is 52.4 Å². The number of aromatic amines is 1. The Morgan fingerprint density at radius 3 is 2.71 bits per heavy atom. The Balaban J connectivity index is 2.06. The Morgan fingerprint density at radius 2 is 1.93 bits per heavy atom. The van der Waals surface area contributed by atoms with E-state index in [9.17, 15) is 0 Å². The standard InChI is InChI=1S/C21H27N7/c1-3-28(4-2)21-19(20-24-26-27-25-20)18(15-10-8-9-13-22-14-15)16-11-6-5-7-12-17(16)23-21/h8,10,13-14H,3-7,9,11-12H2,1-2H3,(H,24,25,26,27). The lowest BCUT2D eigenvalue weighted by atomic mass is 9.90. The molecule has 28 heavy (non-hydrogen) atoms. The summed E-state index contributed by atoms with van der Waals surface area (Å²) in [5, 5.41) is 15.1. The molecule has 0 radical (unpaired) electrons. The second-order valence-corrected chi connectivity index (χ2v) is 7.13. The van der Waals surface area contributed by atoms with Gasteiger partial charge >= 0.3 is 0 Å². The van der Waals surface area contributed by atoms with E-state index in [0.29, 0.717) is 5.82 Å². The topological polar surface area (TPSA) is 83.0 Å². The minimum absolute atomic E-state index is 0.596. The first-order valence-corrected chi connectivity index (χ1v) is 10.3. The van der Waals surface area contributed by atoms with Crippen LogP contribution in [0.5, 0.6) is 0 Å². The van der Waals surface area contributed by atoms with Crippen molar-refractivity contribution in [1.82, 2.24) is 25.6 Å². The Kier molecular flexibility index (Phi) is 5.60. The lowest BCUT2D eigenvalue weighted by Crippen LogP contribution is -2.25. The molecule has 2 aromatic heterocycles. The zero-order valence-corrected chi connectivity index (χ0v) is 16.6. The Labute approximate surface area is 165 Å². The van der Waals surface area contributed by atoms with Crippen LogP contribution in [0.4, 0.5) is 5.82 Å². The van der Waals surface area contributed by atoms with Crippen LogP contribution >= 0.6 is 0 Å². The molecule has 0 saturated carbocycles. The average molecular weight is 377 g/mol. The minimum atomic E-state index is 0.596. The number of aryl methyl sites for hydroxylation is 1. The first-order valence-electron chi connectivity index (χ1n) is 10.3. The number of hydrogen-bond acceptors (Lipinski definition) is 6. The van der Waals surface area contributed by atoms with Crippen molar-refractivity contribution < 1.29 is 0 Å². The first kappa shape index (κ1) is 18.5. The van der Waals surface area contributed by atoms with Gasteiger partial charge in [-0.3, -0.25) is 4.99 Å². The van der Waals surface area contributed by atoms with Gasteiger partial charge in [-0.25, -0.2) is 4.98 Å². The van der Waals surface area contributed by atoms with Gasteiger partial charge in [0.15, 0.2) is 0 Å². The molecule has 0 atom stereocenters. The van der Waals surface area contributed by atoms with Crippen molar-refractivity contribution in [3.63, 3.8) is 0 Å². The number of hydrogen-bond donors (Lipinski definition) is 1. The fourth-order valence-electron chi connectivity index (χ4n) is 4.10. The molecule has 1 aliphatic carbocycles. The summed E-state index contributed by atoms with van der Waals surface area (Å²) in [7, 11) is 0. The summed E-state index contributed by atoms with van der Waals surface area (Å²) in [6.45, 7) is 6.07. The SMILES string of the molecule is CCN(CC)c1nc2c(c(C3=CN=CCC=C3)c1-c1nn[nH]n1)CCCCC2. The zero-order valence-electron chi connectivity index (χ0n) is 16.6. The third-order valence-electron chi connectivity index (χ3n) is 5.48. The molecular weight excluding hydrogens is 350 g/mol. The highest BCUT2D eigenvalue weighted by atomic mass is 15.5. The Morgan fingerprint density at radius 1 is 1.07 bits per heavy atom. The molecule has 0 unspecified atom stereocenters. The smallest absolute Gasteiger partial charge is 0.209 e. The molecule has 0 amide bonds. The van der Waals surface area contributed by atoms with Crippen LogP contribution < -0.4 is 4.90 Å². The number of nitrogens with zero attached hydrogens (tertiary/aromatic N) is 6. The third-order valence-corrected chi connectivity index (χ3v) is 5.48. The van der Waals surface area contributed by atoms with Gasteiger partial charge in [-0.05, 0) is 50.3 Å². The fraction of sp³-hybridized carbons (Fsp3) is 0.476. The molecule has 146 valence electrons. The number of fused-ring (bicyclic) bond motifs is 1. The molecule has 0 spiro atoms. The number of tetrazole rings is 1. The van der Waals surface area contributed by atoms with E-state index >= 15 is 0 Å². The number of nitrogens with one attached hydrogen (secondary N) is 1. The molecular formula is C21H27N7. The highest BCUT2D eigenvalue weighted by Crippen LogP contribution is 2.40. The summed E-state index contributed by atoms with van der Waals surface area (Å²) < 4.78 is 0. The van der Waals surface area contributed by atoms with Crippen molar-refractivity contribution in [2.24, 2.45) is 4.99 Å². The number of rotatable bonds is 5. The summed E-state index contributed by atoms with van der Waals surface area (Å²) >= 11 is 0. The maximum atomic E-state index is 5.16. The van der Waals surface area contributed by atoms with Crippen molar-refractivity contribution in [1.29, 1.82) is 0 Å². The van der Waals surface area contributed by atoms with Gasteiger partial charge in [-0.15, -0.1) is 10.2 Å². The van der Waals surface area contributed by atoms with Crippen LogP contribution in [-0.4, -0.2) is 44.9 Å². The number of H-pyrrole nitrogens is 1. The molecule has 7 heteroatoms. The molecule has 0 bridgehead atoms. The molecule has 1 aliphatic heterocycles. The van der Waals surface area contributed by atoms with E-state index in [1.54, 1.807) is 0 Å². The van der Waals surface area contributed by atoms with E-state index in [-0.39, 0.29) is 0 Å². The average Bonchev–Trinajstić information content (AvgIpc) is 2.97. The van der Waals surface area contributed by atoms with Crippen LogP contribution in [0.25, 0.3) is 17.0 Å². The van der Waals surface area contributed by atoms with E-state index < -0.39 is 0 Å². The molecule has 1 N–H and O–H groups in total. The summed E-state index contributed by atoms with van der Waals surface area (Å²) in [6, 6.07) is 0. The molecule has 0 fully saturated rings. The quantitative estimate of drug-likeness (QED) is 0.803. The summed E-state index contributed by atoms with van der Waals surface area (Å²) in [5.74, 6) is 1.54. The third kappa shape index (κ3) is 3.48. The number of aliphatic imine (C=N–C) groups is 1. The number of anilines is 1. The first-order chi connectivity index (χ1) is 13.8. The van der Waals surface area contributed by atoms with Crippen LogP contribution in [0, 0.1) is 0 Å². The van der Waals surface area contributed by atoms with Crippen LogP contribution in [0.2, 0.25) is 0 Å². The van der Waals surface area contributed by atoms with Crippen LogP contribution in [0.15, 0.2) is 23.3 Å². The Bertz CT molecular complexity index is 905. The van der Waals surface area contributed by atoms with Gasteiger partial charge < -0.3 is 4.90 Å². The van der Waals surface area contributed by atoms with E-state index in [1.807, 2.05) is 12.4 Å². The highest BCUT2D eigenvalue weighted by Gasteiger charge is 2.27. The molecule has 0 saturated heterocycles. The monoisotopic (exact) mass is 377 g/mol. The number of allylic oxidation sites excluding steroid dienone is 3. The van der Waals surface area contributed by atoms with Gasteiger partial charge in [0.25, 0.3) is 0 Å². The maximum Gasteiger partial charge on any atom is 0.209 e. The van der Waals surface area contributed by atoms with Gasteiger partial charge in [0.2, 0.25) is 5.82 Å². The fourth-order valence-corrected chi connectivity index (χ4v) is 4.10. The predicted molar refractivity (Wildman–Crippen MR) is 112 cm³/mol. The van der Waals surface area contributed by atoms with Crippen LogP contribution in [-0.2, 0) is 12.8 Å². The zero-order chi connectivity index (χ0) is 19.3. The normalized spacial score (nSPS) is 16.3. The van der Waals surface area contributed by atoms with E-state index in [4.69, 9.17) is 4.98 Å². The second-order valence-electron chi connectivity index (χ2n) is 7.13. The maximum absolute atomic E-state index is 5.16. The lowest BCUT2D eigenvalue weighted by molar-refractivity contribution is 0.708. The molecule has 4 rings (SSSR count). The van der Waals surface area contributed by atoms with E-state index in [1.165, 1.54) is 36.1 Å². The molecule has 2 aromatic rings. The van der Waals surface area contributed by atoms with E-state index in [0.717, 1.165) is 49.3 Å². The largest absolute Gasteiger partial charge is 0.357 e. The number of aromatic nitrogens is 5. The second kappa shape index (κ2) is 8.46. The molecule has 2 aliphatic rings. The van der Waals surface area contributed by atoms with Crippen molar-refractivity contribution in [2.75, 3.05) is 18.0 Å². The van der Waals surface area contributed by atoms with E-state index in [2.05, 4.69) is 56.5 Å². The molecule has 7 nitrogen and oxygen atoms in total. The van der Waals surface area contributed by atoms with Crippen molar-refractivity contribution >= 4 is 17.6 Å². The number of pyridine rings is 1. The summed E-state index contributed by atoms with van der Waals surface area (Å²) in [6.07, 6.45) is 14.7. The van der Waals surface area contributed by atoms with Gasteiger partial charge in [0.05, 0.1) is 5.56 Å². The van der Waals surface area contributed by atoms with Crippen molar-refractivity contribution in [3.05, 3.63) is 35.2 Å². The van der Waals surface area contributed by atoms with Gasteiger partial charge in [-0.2, -0.15) is 5.21 Å². The van der Waals surface area contributed by atoms with Gasteiger partial charge in [0.1, 0.15) is 5.82 Å². The van der Waals surface area contributed by atoms with Crippen molar-refractivity contribution in [3.8, 4) is 11.4 Å². The summed E-state index contributed by atoms with van der Waals surface area (Å²) in [5.41, 5.74) is 5.77. The molecule has 0 aromatic carbocycles. The van der Waals surface area contributed by atoms with Crippen LogP contribution in [0.1, 0.15) is 56.4 Å². The van der Waals surface area contributed by atoms with Crippen LogP contribution in [0.3, 0.4) is 0 Å². The highest BCUT2D eigenvalue weighted by molar-refractivity contribution is 5.91.